The molecule has 0 aliphatic carbocycles. The van der Waals surface area contributed by atoms with E-state index in [0.717, 1.165) is 0 Å². The van der Waals surface area contributed by atoms with Crippen LogP contribution < -0.4 is 10.6 Å². The largest absolute Gasteiger partial charge is 0.480 e. The van der Waals surface area contributed by atoms with Crippen LogP contribution in [0.4, 0.5) is 4.79 Å². The van der Waals surface area contributed by atoms with Gasteiger partial charge in [-0.3, -0.25) is 4.79 Å². The van der Waals surface area contributed by atoms with E-state index in [9.17, 15) is 19.5 Å². The first kappa shape index (κ1) is 20.2. The van der Waals surface area contributed by atoms with Crippen LogP contribution in [0.5, 0.6) is 0 Å². The van der Waals surface area contributed by atoms with Gasteiger partial charge in [0.15, 0.2) is 0 Å². The van der Waals surface area contributed by atoms with Crippen molar-refractivity contribution >= 4 is 18.0 Å². The summed E-state index contributed by atoms with van der Waals surface area (Å²) in [6, 6.07) is -1.78. The highest BCUT2D eigenvalue weighted by Gasteiger charge is 2.27. The number of carboxylic acid groups (broad SMARTS) is 1. The highest BCUT2D eigenvalue weighted by molar-refractivity contribution is 5.89. The van der Waals surface area contributed by atoms with Gasteiger partial charge < -0.3 is 20.5 Å². The Morgan fingerprint density at radius 2 is 1.45 bits per heavy atom. The summed E-state index contributed by atoms with van der Waals surface area (Å²) >= 11 is 0. The lowest BCUT2D eigenvalue weighted by molar-refractivity contribution is -0.142. The molecule has 2 amide bonds. The quantitative estimate of drug-likeness (QED) is 0.601. The topological polar surface area (TPSA) is 105 Å². The van der Waals surface area contributed by atoms with Gasteiger partial charge >= 0.3 is 12.1 Å². The monoisotopic (exact) mass is 316 g/mol. The smallest absolute Gasteiger partial charge is 0.407 e. The molecule has 0 saturated heterocycles. The number of carboxylic acids is 1. The van der Waals surface area contributed by atoms with Crippen molar-refractivity contribution in [2.75, 3.05) is 6.61 Å². The fourth-order valence-corrected chi connectivity index (χ4v) is 1.98. The van der Waals surface area contributed by atoms with Gasteiger partial charge in [-0.05, 0) is 31.6 Å². The molecule has 2 atom stereocenters. The molecule has 0 spiro atoms. The molecule has 3 N–H and O–H groups in total. The average molecular weight is 316 g/mol. The Kier molecular flexibility index (Phi) is 9.21. The standard InChI is InChI=1S/C15H28N2O5/c1-6-22-15(21)17-11(7-9(2)3)13(18)16-12(14(19)20)8-10(4)5/h9-12H,6-8H2,1-5H3,(H,16,18)(H,17,21)(H,19,20)/t11-,12-/m0/s1. The zero-order valence-corrected chi connectivity index (χ0v) is 14.0. The molecule has 0 aliphatic rings. The van der Waals surface area contributed by atoms with Crippen molar-refractivity contribution in [2.45, 2.75) is 59.5 Å². The SMILES string of the molecule is CCOC(=O)N[C@@H](CC(C)C)C(=O)N[C@@H](CC(C)C)C(=O)O. The number of nitrogens with one attached hydrogen (secondary N) is 2. The zero-order chi connectivity index (χ0) is 17.3. The van der Waals surface area contributed by atoms with E-state index >= 15 is 0 Å². The highest BCUT2D eigenvalue weighted by Crippen LogP contribution is 2.09. The third-order valence-corrected chi connectivity index (χ3v) is 2.91. The van der Waals surface area contributed by atoms with E-state index in [4.69, 9.17) is 4.74 Å². The molecule has 0 fully saturated rings. The van der Waals surface area contributed by atoms with Crippen molar-refractivity contribution in [1.82, 2.24) is 10.6 Å². The van der Waals surface area contributed by atoms with Gasteiger partial charge in [-0.1, -0.05) is 27.7 Å². The summed E-state index contributed by atoms with van der Waals surface area (Å²) in [6.07, 6.45) is 0.0483. The predicted octanol–water partition coefficient (Wildman–Crippen LogP) is 1.76. The second-order valence-corrected chi connectivity index (χ2v) is 6.08. The molecular formula is C15H28N2O5. The fourth-order valence-electron chi connectivity index (χ4n) is 1.98. The van der Waals surface area contributed by atoms with Gasteiger partial charge in [0, 0.05) is 0 Å². The Hall–Kier alpha value is -1.79. The molecule has 0 aromatic carbocycles. The van der Waals surface area contributed by atoms with Crippen molar-refractivity contribution in [2.24, 2.45) is 11.8 Å². The van der Waals surface area contributed by atoms with E-state index in [1.807, 2.05) is 27.7 Å². The molecular weight excluding hydrogens is 288 g/mol. The van der Waals surface area contributed by atoms with Crippen LogP contribution in [0.3, 0.4) is 0 Å². The summed E-state index contributed by atoms with van der Waals surface area (Å²) in [4.78, 5) is 35.0. The number of aliphatic carboxylic acids is 1. The highest BCUT2D eigenvalue weighted by atomic mass is 16.5. The van der Waals surface area contributed by atoms with Crippen LogP contribution in [0.15, 0.2) is 0 Å². The van der Waals surface area contributed by atoms with Gasteiger partial charge in [0.1, 0.15) is 12.1 Å². The van der Waals surface area contributed by atoms with Crippen molar-refractivity contribution in [3.05, 3.63) is 0 Å². The van der Waals surface area contributed by atoms with Gasteiger partial charge in [-0.2, -0.15) is 0 Å². The lowest BCUT2D eigenvalue weighted by Gasteiger charge is -2.23. The predicted molar refractivity (Wildman–Crippen MR) is 82.4 cm³/mol. The number of amides is 2. The maximum absolute atomic E-state index is 12.3. The first-order valence-electron chi connectivity index (χ1n) is 7.63. The molecule has 0 bridgehead atoms. The molecule has 0 rings (SSSR count). The third-order valence-electron chi connectivity index (χ3n) is 2.91. The Morgan fingerprint density at radius 1 is 0.955 bits per heavy atom. The summed E-state index contributed by atoms with van der Waals surface area (Å²) in [5.41, 5.74) is 0. The lowest BCUT2D eigenvalue weighted by Crippen LogP contribution is -2.52. The Labute approximate surface area is 131 Å². The number of ether oxygens (including phenoxy) is 1. The fraction of sp³-hybridized carbons (Fsp3) is 0.800. The average Bonchev–Trinajstić information content (AvgIpc) is 2.36. The normalized spacial score (nSPS) is 13.6. The minimum absolute atomic E-state index is 0.128. The first-order valence-corrected chi connectivity index (χ1v) is 7.63. The summed E-state index contributed by atoms with van der Waals surface area (Å²) in [5.74, 6) is -1.30. The number of carbonyl (C=O) groups is 3. The van der Waals surface area contributed by atoms with Crippen LogP contribution in [0, 0.1) is 11.8 Å². The van der Waals surface area contributed by atoms with Crippen LogP contribution in [0.1, 0.15) is 47.5 Å². The Balaban J connectivity index is 4.85. The van der Waals surface area contributed by atoms with Crippen molar-refractivity contribution in [3.8, 4) is 0 Å². The first-order chi connectivity index (χ1) is 10.2. The van der Waals surface area contributed by atoms with Crippen LogP contribution in [-0.4, -0.2) is 41.8 Å². The van der Waals surface area contributed by atoms with E-state index in [-0.39, 0.29) is 18.4 Å². The molecule has 128 valence electrons. The molecule has 7 nitrogen and oxygen atoms in total. The minimum Gasteiger partial charge on any atom is -0.480 e. The van der Waals surface area contributed by atoms with Crippen LogP contribution >= 0.6 is 0 Å². The molecule has 7 heteroatoms. The van der Waals surface area contributed by atoms with Crippen LogP contribution in [0.25, 0.3) is 0 Å². The van der Waals surface area contributed by atoms with Crippen molar-refractivity contribution < 1.29 is 24.2 Å². The Morgan fingerprint density at radius 3 is 1.86 bits per heavy atom. The van der Waals surface area contributed by atoms with Gasteiger partial charge in [0.25, 0.3) is 0 Å². The minimum atomic E-state index is -1.08. The van der Waals surface area contributed by atoms with Crippen LogP contribution in [0.2, 0.25) is 0 Å². The number of rotatable bonds is 9. The number of alkyl carbamates (subject to hydrolysis) is 1. The van der Waals surface area contributed by atoms with E-state index in [1.165, 1.54) is 0 Å². The maximum Gasteiger partial charge on any atom is 0.407 e. The summed E-state index contributed by atoms with van der Waals surface area (Å²) in [7, 11) is 0. The molecule has 0 saturated carbocycles. The second-order valence-electron chi connectivity index (χ2n) is 6.08. The van der Waals surface area contributed by atoms with Gasteiger partial charge in [-0.25, -0.2) is 9.59 Å². The molecule has 0 radical (unpaired) electrons. The molecule has 22 heavy (non-hydrogen) atoms. The maximum atomic E-state index is 12.3. The van der Waals surface area contributed by atoms with Gasteiger partial charge in [0.05, 0.1) is 6.61 Å². The third kappa shape index (κ3) is 8.49. The molecule has 0 aliphatic heterocycles. The molecule has 0 heterocycles. The van der Waals surface area contributed by atoms with E-state index in [2.05, 4.69) is 10.6 Å². The van der Waals surface area contributed by atoms with Crippen molar-refractivity contribution in [3.63, 3.8) is 0 Å². The van der Waals surface area contributed by atoms with Gasteiger partial charge in [-0.15, -0.1) is 0 Å². The van der Waals surface area contributed by atoms with Crippen LogP contribution in [-0.2, 0) is 14.3 Å². The van der Waals surface area contributed by atoms with E-state index in [0.29, 0.717) is 12.8 Å². The molecule has 0 unspecified atom stereocenters. The van der Waals surface area contributed by atoms with E-state index < -0.39 is 30.1 Å². The lowest BCUT2D eigenvalue weighted by atomic mass is 10.0. The summed E-state index contributed by atoms with van der Waals surface area (Å²) in [6.45, 7) is 9.45. The zero-order valence-electron chi connectivity index (χ0n) is 14.0. The Bertz CT molecular complexity index is 382. The van der Waals surface area contributed by atoms with Crippen molar-refractivity contribution in [1.29, 1.82) is 0 Å². The van der Waals surface area contributed by atoms with Gasteiger partial charge in [0.2, 0.25) is 5.91 Å². The number of carbonyl (C=O) groups excluding carboxylic acids is 2. The number of hydrogen-bond acceptors (Lipinski definition) is 4. The van der Waals surface area contributed by atoms with E-state index in [1.54, 1.807) is 6.92 Å². The summed E-state index contributed by atoms with van der Waals surface area (Å²) < 4.78 is 4.77. The number of hydrogen-bond donors (Lipinski definition) is 3. The molecule has 0 aromatic rings. The molecule has 0 aromatic heterocycles. The summed E-state index contributed by atoms with van der Waals surface area (Å²) in [5, 5.41) is 14.1. The second kappa shape index (κ2) is 10.0.